The van der Waals surface area contributed by atoms with Gasteiger partial charge in [-0.25, -0.2) is 5.01 Å². The van der Waals surface area contributed by atoms with Crippen molar-refractivity contribution in [2.45, 2.75) is 6.42 Å². The van der Waals surface area contributed by atoms with E-state index >= 15 is 0 Å². The van der Waals surface area contributed by atoms with Crippen LogP contribution in [0.1, 0.15) is 6.42 Å². The second-order valence-electron chi connectivity index (χ2n) is 1.68. The lowest BCUT2D eigenvalue weighted by molar-refractivity contribution is -0.397. The van der Waals surface area contributed by atoms with Gasteiger partial charge in [0, 0.05) is 5.34 Å². The lowest BCUT2D eigenvalue weighted by Gasteiger charge is -2.22. The summed E-state index contributed by atoms with van der Waals surface area (Å²) in [7, 11) is 0. The van der Waals surface area contributed by atoms with Gasteiger partial charge in [-0.1, -0.05) is 0 Å². The summed E-state index contributed by atoms with van der Waals surface area (Å²) < 4.78 is 0. The molecule has 0 bridgehead atoms. The Morgan fingerprint density at radius 2 is 2.18 bits per heavy atom. The number of nitrogens with one attached hydrogen (secondary N) is 1. The average Bonchev–Trinajstić information content (AvgIpc) is 1.87. The second-order valence-corrected chi connectivity index (χ2v) is 1.68. The molecule has 0 aliphatic heterocycles. The maximum atomic E-state index is 8.39. The molecular weight excluding hydrogens is 150 g/mol. The van der Waals surface area contributed by atoms with Crippen molar-refractivity contribution >= 4 is 5.96 Å². The Bertz CT molecular complexity index is 174. The third-order valence-electron chi connectivity index (χ3n) is 0.929. The Morgan fingerprint density at radius 1 is 1.64 bits per heavy atom. The molecule has 0 saturated heterocycles. The van der Waals surface area contributed by atoms with Crippen LogP contribution in [0.5, 0.6) is 0 Å². The first-order valence-electron chi connectivity index (χ1n) is 2.76. The number of rotatable bonds is 3. The largest absolute Gasteiger partial charge is 0.369 e. The summed E-state index contributed by atoms with van der Waals surface area (Å²) in [5.41, 5.74) is 4.92. The monoisotopic (exact) mass is 159 g/mol. The van der Waals surface area contributed by atoms with Crippen molar-refractivity contribution in [1.82, 2.24) is 10.3 Å². The van der Waals surface area contributed by atoms with Gasteiger partial charge >= 0.3 is 0 Å². The maximum absolute atomic E-state index is 8.39. The zero-order valence-corrected chi connectivity index (χ0v) is 5.73. The molecule has 11 heavy (non-hydrogen) atoms. The standard InChI is InChI=1S/C4H9N5O2/c5-2-1-3-8(4(6)7)9(10)11/h10-11H,1,3H2,(H3,6,7). The minimum Gasteiger partial charge on any atom is -0.369 e. The molecule has 0 rings (SSSR count). The number of hydrazine groups is 1. The van der Waals surface area contributed by atoms with Gasteiger partial charge in [0.2, 0.25) is 5.96 Å². The molecule has 7 nitrogen and oxygen atoms in total. The van der Waals surface area contributed by atoms with Gasteiger partial charge in [-0.3, -0.25) is 15.8 Å². The Labute approximate surface area is 63.2 Å². The van der Waals surface area contributed by atoms with Crippen LogP contribution < -0.4 is 5.73 Å². The molecule has 0 spiro atoms. The van der Waals surface area contributed by atoms with E-state index < -0.39 is 5.96 Å². The first-order valence-corrected chi connectivity index (χ1v) is 2.76. The fourth-order valence-corrected chi connectivity index (χ4v) is 0.462. The molecule has 0 radical (unpaired) electrons. The van der Waals surface area contributed by atoms with Crippen LogP contribution in [0.15, 0.2) is 0 Å². The smallest absolute Gasteiger partial charge is 0.207 e. The van der Waals surface area contributed by atoms with E-state index in [1.807, 2.05) is 0 Å². The summed E-state index contributed by atoms with van der Waals surface area (Å²) in [5.74, 6) is -0.537. The lowest BCUT2D eigenvalue weighted by Crippen LogP contribution is -2.46. The van der Waals surface area contributed by atoms with Gasteiger partial charge in [0.1, 0.15) is 0 Å². The number of nitrogens with two attached hydrogens (primary N) is 1. The van der Waals surface area contributed by atoms with Crippen molar-refractivity contribution in [3.05, 3.63) is 0 Å². The summed E-state index contributed by atoms with van der Waals surface area (Å²) in [5, 5.41) is 32.0. The van der Waals surface area contributed by atoms with Crippen LogP contribution in [0.25, 0.3) is 0 Å². The zero-order valence-electron chi connectivity index (χ0n) is 5.73. The minimum atomic E-state index is -0.537. The predicted octanol–water partition coefficient (Wildman–Crippen LogP) is -0.909. The fourth-order valence-electron chi connectivity index (χ4n) is 0.462. The van der Waals surface area contributed by atoms with Gasteiger partial charge in [0.05, 0.1) is 19.0 Å². The highest BCUT2D eigenvalue weighted by atomic mass is 16.8. The van der Waals surface area contributed by atoms with Crippen LogP contribution in [0.2, 0.25) is 0 Å². The number of nitriles is 1. The molecule has 7 heteroatoms. The molecule has 0 aliphatic rings. The second kappa shape index (κ2) is 4.45. The van der Waals surface area contributed by atoms with Gasteiger partial charge in [-0.05, 0) is 0 Å². The normalized spacial score (nSPS) is 9.27. The molecule has 0 aromatic rings. The lowest BCUT2D eigenvalue weighted by atomic mass is 10.5. The van der Waals surface area contributed by atoms with Crippen molar-refractivity contribution in [3.8, 4) is 6.07 Å². The molecule has 62 valence electrons. The Morgan fingerprint density at radius 3 is 2.45 bits per heavy atom. The van der Waals surface area contributed by atoms with Crippen LogP contribution >= 0.6 is 0 Å². The van der Waals surface area contributed by atoms with Gasteiger partial charge in [-0.2, -0.15) is 5.26 Å². The third-order valence-corrected chi connectivity index (χ3v) is 0.929. The predicted molar refractivity (Wildman–Crippen MR) is 34.3 cm³/mol. The van der Waals surface area contributed by atoms with Crippen molar-refractivity contribution in [1.29, 1.82) is 10.7 Å². The van der Waals surface area contributed by atoms with Gasteiger partial charge < -0.3 is 5.73 Å². The molecule has 0 fully saturated rings. The summed E-state index contributed by atoms with van der Waals surface area (Å²) in [6.07, 6.45) is 0.0528. The number of hydrogen-bond donors (Lipinski definition) is 4. The van der Waals surface area contributed by atoms with Gasteiger partial charge in [0.15, 0.2) is 0 Å². The van der Waals surface area contributed by atoms with E-state index in [9.17, 15) is 0 Å². The van der Waals surface area contributed by atoms with Crippen LogP contribution in [-0.4, -0.2) is 33.3 Å². The van der Waals surface area contributed by atoms with Gasteiger partial charge in [-0.15, -0.1) is 0 Å². The Hall–Kier alpha value is -1.36. The van der Waals surface area contributed by atoms with E-state index in [0.717, 1.165) is 0 Å². The summed E-state index contributed by atoms with van der Waals surface area (Å²) >= 11 is 0. The zero-order chi connectivity index (χ0) is 8.85. The first-order chi connectivity index (χ1) is 5.09. The number of nitrogens with zero attached hydrogens (tertiary/aromatic N) is 3. The molecule has 0 atom stereocenters. The van der Waals surface area contributed by atoms with E-state index in [-0.39, 0.29) is 18.3 Å². The SMILES string of the molecule is N#CCCN(C(=N)N)N(O)O. The van der Waals surface area contributed by atoms with Crippen LogP contribution in [0.3, 0.4) is 0 Å². The molecule has 5 N–H and O–H groups in total. The van der Waals surface area contributed by atoms with E-state index in [2.05, 4.69) is 0 Å². The summed E-state index contributed by atoms with van der Waals surface area (Å²) in [6, 6.07) is 1.77. The first kappa shape index (κ1) is 9.64. The van der Waals surface area contributed by atoms with Crippen LogP contribution in [0.4, 0.5) is 0 Å². The molecule has 0 heterocycles. The summed E-state index contributed by atoms with van der Waals surface area (Å²) in [6.45, 7) is -0.0289. The number of guanidine groups is 1. The van der Waals surface area contributed by atoms with E-state index in [4.69, 9.17) is 26.8 Å². The van der Waals surface area contributed by atoms with Crippen molar-refractivity contribution < 1.29 is 10.4 Å². The molecule has 0 unspecified atom stereocenters. The minimum absolute atomic E-state index is 0.0289. The van der Waals surface area contributed by atoms with Crippen LogP contribution in [-0.2, 0) is 0 Å². The third kappa shape index (κ3) is 3.36. The molecule has 0 amide bonds. The number of hydrogen-bond acceptors (Lipinski definition) is 5. The van der Waals surface area contributed by atoms with Crippen molar-refractivity contribution in [2.75, 3.05) is 6.54 Å². The highest BCUT2D eigenvalue weighted by Gasteiger charge is 2.10. The topological polar surface area (TPSA) is 121 Å². The van der Waals surface area contributed by atoms with Crippen molar-refractivity contribution in [2.24, 2.45) is 5.73 Å². The summed E-state index contributed by atoms with van der Waals surface area (Å²) in [4.78, 5) is 0. The fraction of sp³-hybridized carbons (Fsp3) is 0.500. The highest BCUT2D eigenvalue weighted by Crippen LogP contribution is 1.90. The van der Waals surface area contributed by atoms with Crippen LogP contribution in [0, 0.1) is 16.7 Å². The molecule has 0 aromatic heterocycles. The molecule has 0 aromatic carbocycles. The Kier molecular flexibility index (Phi) is 3.90. The van der Waals surface area contributed by atoms with E-state index in [0.29, 0.717) is 5.01 Å². The maximum Gasteiger partial charge on any atom is 0.207 e. The van der Waals surface area contributed by atoms with E-state index in [1.54, 1.807) is 6.07 Å². The molecule has 0 saturated carbocycles. The highest BCUT2D eigenvalue weighted by molar-refractivity contribution is 5.73. The van der Waals surface area contributed by atoms with Crippen molar-refractivity contribution in [3.63, 3.8) is 0 Å². The average molecular weight is 159 g/mol. The quantitative estimate of drug-likeness (QED) is 0.240. The molecular formula is C4H9N5O2. The molecule has 0 aliphatic carbocycles. The van der Waals surface area contributed by atoms with Gasteiger partial charge in [0.25, 0.3) is 0 Å². The van der Waals surface area contributed by atoms with E-state index in [1.165, 1.54) is 0 Å². The Balaban J connectivity index is 3.92.